The molecule has 0 saturated carbocycles. The fourth-order valence-electron chi connectivity index (χ4n) is 4.27. The minimum atomic E-state index is 0.143. The first-order valence-corrected chi connectivity index (χ1v) is 8.39. The van der Waals surface area contributed by atoms with Gasteiger partial charge in [0.05, 0.1) is 0 Å². The van der Waals surface area contributed by atoms with Gasteiger partial charge in [0, 0.05) is 25.2 Å². The van der Waals surface area contributed by atoms with Gasteiger partial charge in [0.15, 0.2) is 0 Å². The highest BCUT2D eigenvalue weighted by molar-refractivity contribution is 5.28. The molecule has 2 aliphatic rings. The average Bonchev–Trinajstić information content (AvgIpc) is 2.48. The molecule has 2 heterocycles. The number of hydrogen-bond acceptors (Lipinski definition) is 3. The standard InChI is InChI=1S/C18H29N3/c1-14-6-3-4-8-16(14)17(19)13-21-11-9-18-15(12-21)7-5-10-20(18)2/h3-4,6,8,15,17-18H,5,7,9-13,19H2,1-2H3. The molecule has 116 valence electrons. The Kier molecular flexibility index (Phi) is 4.63. The molecule has 3 rings (SSSR count). The van der Waals surface area contributed by atoms with Gasteiger partial charge in [-0.2, -0.15) is 0 Å². The summed E-state index contributed by atoms with van der Waals surface area (Å²) in [5.41, 5.74) is 9.09. The summed E-state index contributed by atoms with van der Waals surface area (Å²) in [4.78, 5) is 5.17. The van der Waals surface area contributed by atoms with E-state index in [1.807, 2.05) is 0 Å². The predicted molar refractivity (Wildman–Crippen MR) is 88.3 cm³/mol. The molecular weight excluding hydrogens is 258 g/mol. The Morgan fingerprint density at radius 2 is 2.05 bits per heavy atom. The van der Waals surface area contributed by atoms with Crippen molar-refractivity contribution in [2.75, 3.05) is 33.2 Å². The van der Waals surface area contributed by atoms with E-state index in [4.69, 9.17) is 5.73 Å². The number of fused-ring (bicyclic) bond motifs is 1. The lowest BCUT2D eigenvalue weighted by Crippen LogP contribution is -2.53. The molecule has 2 aliphatic heterocycles. The Labute approximate surface area is 129 Å². The van der Waals surface area contributed by atoms with Crippen LogP contribution in [0.4, 0.5) is 0 Å². The summed E-state index contributed by atoms with van der Waals surface area (Å²) in [5, 5.41) is 0. The van der Waals surface area contributed by atoms with Crippen LogP contribution in [-0.4, -0.2) is 49.1 Å². The zero-order valence-electron chi connectivity index (χ0n) is 13.5. The first-order chi connectivity index (χ1) is 10.1. The van der Waals surface area contributed by atoms with Crippen LogP contribution in [0.1, 0.15) is 36.4 Å². The van der Waals surface area contributed by atoms with E-state index in [9.17, 15) is 0 Å². The molecule has 0 radical (unpaired) electrons. The van der Waals surface area contributed by atoms with Crippen molar-refractivity contribution in [1.82, 2.24) is 9.80 Å². The molecular formula is C18H29N3. The highest BCUT2D eigenvalue weighted by Gasteiger charge is 2.34. The largest absolute Gasteiger partial charge is 0.323 e. The van der Waals surface area contributed by atoms with Crippen molar-refractivity contribution >= 4 is 0 Å². The molecule has 1 aromatic rings. The van der Waals surface area contributed by atoms with Crippen LogP contribution in [0.5, 0.6) is 0 Å². The summed E-state index contributed by atoms with van der Waals surface area (Å²) in [5.74, 6) is 0.849. The number of likely N-dealkylation sites (tertiary alicyclic amines) is 2. The van der Waals surface area contributed by atoms with Gasteiger partial charge in [0.1, 0.15) is 0 Å². The zero-order valence-corrected chi connectivity index (χ0v) is 13.5. The van der Waals surface area contributed by atoms with Crippen LogP contribution in [0.15, 0.2) is 24.3 Å². The van der Waals surface area contributed by atoms with E-state index in [0.717, 1.165) is 18.5 Å². The van der Waals surface area contributed by atoms with Gasteiger partial charge in [-0.05, 0) is 63.4 Å². The fourth-order valence-corrected chi connectivity index (χ4v) is 4.27. The Hall–Kier alpha value is -0.900. The molecule has 0 aromatic heterocycles. The maximum atomic E-state index is 6.47. The van der Waals surface area contributed by atoms with Crippen LogP contribution in [-0.2, 0) is 0 Å². The third kappa shape index (κ3) is 3.31. The molecule has 0 amide bonds. The van der Waals surface area contributed by atoms with Crippen molar-refractivity contribution in [3.05, 3.63) is 35.4 Å². The van der Waals surface area contributed by atoms with Gasteiger partial charge in [-0.3, -0.25) is 0 Å². The quantitative estimate of drug-likeness (QED) is 0.926. The topological polar surface area (TPSA) is 32.5 Å². The minimum absolute atomic E-state index is 0.143. The molecule has 3 heteroatoms. The summed E-state index contributed by atoms with van der Waals surface area (Å²) in [6.07, 6.45) is 4.06. The molecule has 3 atom stereocenters. The number of aryl methyl sites for hydroxylation is 1. The first kappa shape index (κ1) is 15.0. The number of hydrogen-bond donors (Lipinski definition) is 1. The summed E-state index contributed by atoms with van der Waals surface area (Å²) in [6.45, 7) is 6.87. The lowest BCUT2D eigenvalue weighted by Gasteiger charge is -2.46. The molecule has 3 unspecified atom stereocenters. The zero-order chi connectivity index (χ0) is 14.8. The Morgan fingerprint density at radius 3 is 2.86 bits per heavy atom. The van der Waals surface area contributed by atoms with Crippen LogP contribution in [0.2, 0.25) is 0 Å². The maximum Gasteiger partial charge on any atom is 0.0426 e. The molecule has 0 aliphatic carbocycles. The van der Waals surface area contributed by atoms with Crippen molar-refractivity contribution in [3.63, 3.8) is 0 Å². The van der Waals surface area contributed by atoms with E-state index in [2.05, 4.69) is 48.0 Å². The van der Waals surface area contributed by atoms with Gasteiger partial charge >= 0.3 is 0 Å². The van der Waals surface area contributed by atoms with E-state index in [0.29, 0.717) is 0 Å². The van der Waals surface area contributed by atoms with Crippen LogP contribution >= 0.6 is 0 Å². The molecule has 21 heavy (non-hydrogen) atoms. The third-order valence-electron chi connectivity index (χ3n) is 5.47. The van der Waals surface area contributed by atoms with Crippen molar-refractivity contribution in [3.8, 4) is 0 Å². The molecule has 0 spiro atoms. The average molecular weight is 287 g/mol. The smallest absolute Gasteiger partial charge is 0.0426 e. The summed E-state index contributed by atoms with van der Waals surface area (Å²) >= 11 is 0. The Bertz CT molecular complexity index is 473. The second-order valence-corrected chi connectivity index (χ2v) is 6.96. The number of benzene rings is 1. The summed E-state index contributed by atoms with van der Waals surface area (Å²) in [7, 11) is 2.30. The molecule has 0 bridgehead atoms. The van der Waals surface area contributed by atoms with Crippen molar-refractivity contribution in [2.24, 2.45) is 11.7 Å². The predicted octanol–water partition coefficient (Wildman–Crippen LogP) is 2.41. The molecule has 1 aromatic carbocycles. The highest BCUT2D eigenvalue weighted by Crippen LogP contribution is 2.30. The molecule has 3 nitrogen and oxygen atoms in total. The normalized spacial score (nSPS) is 29.1. The number of nitrogens with two attached hydrogens (primary N) is 1. The van der Waals surface area contributed by atoms with Gasteiger partial charge in [-0.15, -0.1) is 0 Å². The number of rotatable bonds is 3. The minimum Gasteiger partial charge on any atom is -0.323 e. The van der Waals surface area contributed by atoms with Gasteiger partial charge in [-0.1, -0.05) is 24.3 Å². The molecule has 2 saturated heterocycles. The van der Waals surface area contributed by atoms with Crippen molar-refractivity contribution in [2.45, 2.75) is 38.3 Å². The Morgan fingerprint density at radius 1 is 1.24 bits per heavy atom. The van der Waals surface area contributed by atoms with Crippen LogP contribution in [0.25, 0.3) is 0 Å². The van der Waals surface area contributed by atoms with Gasteiger partial charge in [-0.25, -0.2) is 0 Å². The summed E-state index contributed by atoms with van der Waals surface area (Å²) < 4.78 is 0. The van der Waals surface area contributed by atoms with E-state index < -0.39 is 0 Å². The van der Waals surface area contributed by atoms with E-state index in [-0.39, 0.29) is 6.04 Å². The van der Waals surface area contributed by atoms with Crippen LogP contribution in [0, 0.1) is 12.8 Å². The van der Waals surface area contributed by atoms with Crippen LogP contribution in [0.3, 0.4) is 0 Å². The van der Waals surface area contributed by atoms with Crippen molar-refractivity contribution in [1.29, 1.82) is 0 Å². The van der Waals surface area contributed by atoms with Gasteiger partial charge in [0.25, 0.3) is 0 Å². The fraction of sp³-hybridized carbons (Fsp3) is 0.667. The van der Waals surface area contributed by atoms with E-state index in [1.54, 1.807) is 0 Å². The lowest BCUT2D eigenvalue weighted by atomic mass is 9.84. The SMILES string of the molecule is Cc1ccccc1C(N)CN1CCC2C(CCCN2C)C1. The van der Waals surface area contributed by atoms with Crippen LogP contribution < -0.4 is 5.73 Å². The second kappa shape index (κ2) is 6.47. The second-order valence-electron chi connectivity index (χ2n) is 6.96. The first-order valence-electron chi connectivity index (χ1n) is 8.39. The monoisotopic (exact) mass is 287 g/mol. The van der Waals surface area contributed by atoms with E-state index in [1.165, 1.54) is 50.0 Å². The number of nitrogens with zero attached hydrogens (tertiary/aromatic N) is 2. The van der Waals surface area contributed by atoms with E-state index >= 15 is 0 Å². The maximum absolute atomic E-state index is 6.47. The number of piperidine rings is 2. The van der Waals surface area contributed by atoms with Gasteiger partial charge in [0.2, 0.25) is 0 Å². The van der Waals surface area contributed by atoms with Gasteiger partial charge < -0.3 is 15.5 Å². The third-order valence-corrected chi connectivity index (χ3v) is 5.47. The molecule has 2 N–H and O–H groups in total. The van der Waals surface area contributed by atoms with Crippen molar-refractivity contribution < 1.29 is 0 Å². The Balaban J connectivity index is 1.60. The molecule has 2 fully saturated rings. The lowest BCUT2D eigenvalue weighted by molar-refractivity contribution is 0.0364. The summed E-state index contributed by atoms with van der Waals surface area (Å²) in [6, 6.07) is 9.49. The highest BCUT2D eigenvalue weighted by atomic mass is 15.2.